The second kappa shape index (κ2) is 10.9. The number of nitrogens with two attached hydrogens (primary N) is 1. The van der Waals surface area contributed by atoms with Crippen molar-refractivity contribution in [1.82, 2.24) is 19.9 Å². The summed E-state index contributed by atoms with van der Waals surface area (Å²) in [6.45, 7) is 2.49. The maximum Gasteiger partial charge on any atom is 0.252 e. The van der Waals surface area contributed by atoms with Crippen molar-refractivity contribution in [3.63, 3.8) is 0 Å². The number of nitrogens with one attached hydrogen (secondary N) is 1. The Kier molecular flexibility index (Phi) is 7.53. The van der Waals surface area contributed by atoms with E-state index in [4.69, 9.17) is 11.0 Å². The van der Waals surface area contributed by atoms with E-state index in [2.05, 4.69) is 42.2 Å². The number of pyridine rings is 3. The predicted octanol–water partition coefficient (Wildman–Crippen LogP) is 2.58. The summed E-state index contributed by atoms with van der Waals surface area (Å²) in [4.78, 5) is 29.8. The molecule has 0 unspecified atom stereocenters. The third-order valence-electron chi connectivity index (χ3n) is 6.03. The number of primary amides is 1. The van der Waals surface area contributed by atoms with Crippen LogP contribution in [0, 0.1) is 11.3 Å². The molecule has 1 saturated heterocycles. The minimum absolute atomic E-state index is 0.196. The molecule has 9 nitrogen and oxygen atoms in total. The van der Waals surface area contributed by atoms with E-state index in [1.54, 1.807) is 18.5 Å². The maximum atomic E-state index is 12.0. The number of nitrogens with zero attached hydrogens (tertiary/aromatic N) is 6. The summed E-state index contributed by atoms with van der Waals surface area (Å²) in [6, 6.07) is 12.0. The molecule has 4 heterocycles. The molecule has 0 aromatic carbocycles. The van der Waals surface area contributed by atoms with E-state index in [1.807, 2.05) is 38.5 Å². The lowest BCUT2D eigenvalue weighted by molar-refractivity contribution is 0.100. The molecule has 180 valence electrons. The van der Waals surface area contributed by atoms with Crippen LogP contribution in [0.15, 0.2) is 48.9 Å². The van der Waals surface area contributed by atoms with Crippen molar-refractivity contribution in [1.29, 1.82) is 5.26 Å². The summed E-state index contributed by atoms with van der Waals surface area (Å²) in [6.07, 6.45) is 7.37. The zero-order valence-corrected chi connectivity index (χ0v) is 20.1. The van der Waals surface area contributed by atoms with Gasteiger partial charge in [0, 0.05) is 62.1 Å². The van der Waals surface area contributed by atoms with E-state index in [0.29, 0.717) is 23.2 Å². The molecule has 0 spiro atoms. The van der Waals surface area contributed by atoms with Crippen LogP contribution in [0.2, 0.25) is 0 Å². The summed E-state index contributed by atoms with van der Waals surface area (Å²) in [5.41, 5.74) is 10.2. The molecule has 3 aromatic heterocycles. The molecular formula is C26H30N8O. The van der Waals surface area contributed by atoms with E-state index >= 15 is 0 Å². The zero-order chi connectivity index (χ0) is 24.8. The fourth-order valence-corrected chi connectivity index (χ4v) is 4.23. The smallest absolute Gasteiger partial charge is 0.252 e. The average Bonchev–Trinajstić information content (AvgIpc) is 2.85. The first kappa shape index (κ1) is 24.1. The van der Waals surface area contributed by atoms with E-state index in [0.717, 1.165) is 55.2 Å². The summed E-state index contributed by atoms with van der Waals surface area (Å²) in [7, 11) is 4.06. The molecule has 35 heavy (non-hydrogen) atoms. The average molecular weight is 471 g/mol. The minimum atomic E-state index is -0.503. The Bertz CT molecular complexity index is 1190. The fraction of sp³-hybridized carbons (Fsp3) is 0.346. The summed E-state index contributed by atoms with van der Waals surface area (Å²) in [5.74, 6) is 0.368. The molecule has 1 amide bonds. The summed E-state index contributed by atoms with van der Waals surface area (Å²) >= 11 is 0. The zero-order valence-electron chi connectivity index (χ0n) is 20.1. The highest BCUT2D eigenvalue weighted by Crippen LogP contribution is 2.24. The van der Waals surface area contributed by atoms with Crippen LogP contribution in [0.4, 0.5) is 11.5 Å². The molecule has 0 bridgehead atoms. The van der Waals surface area contributed by atoms with Gasteiger partial charge in [0.15, 0.2) is 0 Å². The van der Waals surface area contributed by atoms with Gasteiger partial charge in [0.1, 0.15) is 11.9 Å². The van der Waals surface area contributed by atoms with Crippen LogP contribution in [-0.4, -0.2) is 59.0 Å². The van der Waals surface area contributed by atoms with Crippen molar-refractivity contribution in [3.05, 3.63) is 77.0 Å². The van der Waals surface area contributed by atoms with Gasteiger partial charge in [0.2, 0.25) is 0 Å². The number of nitriles is 1. The molecule has 0 aliphatic carbocycles. The van der Waals surface area contributed by atoms with Gasteiger partial charge in [-0.15, -0.1) is 0 Å². The lowest BCUT2D eigenvalue weighted by Crippen LogP contribution is -2.39. The van der Waals surface area contributed by atoms with Gasteiger partial charge in [0.25, 0.3) is 5.91 Å². The van der Waals surface area contributed by atoms with Gasteiger partial charge in [-0.1, -0.05) is 6.07 Å². The number of hydrogen-bond acceptors (Lipinski definition) is 8. The lowest BCUT2D eigenvalue weighted by atomic mass is 10.0. The Labute approximate surface area is 205 Å². The van der Waals surface area contributed by atoms with Gasteiger partial charge < -0.3 is 20.9 Å². The first-order valence-corrected chi connectivity index (χ1v) is 11.7. The number of anilines is 2. The summed E-state index contributed by atoms with van der Waals surface area (Å²) < 4.78 is 0. The topological polar surface area (TPSA) is 124 Å². The van der Waals surface area contributed by atoms with Gasteiger partial charge in [-0.3, -0.25) is 14.8 Å². The predicted molar refractivity (Wildman–Crippen MR) is 135 cm³/mol. The fourth-order valence-electron chi connectivity index (χ4n) is 4.23. The number of aromatic nitrogens is 3. The van der Waals surface area contributed by atoms with Crippen molar-refractivity contribution < 1.29 is 4.79 Å². The number of hydrogen-bond donors (Lipinski definition) is 2. The standard InChI is InChI=1S/C26H30N8O/c1-33(2)17-19-3-5-21(29-15-19)11-22-12-24(23(16-30-22)26(28)35)32-20-7-9-34(10-8-20)25-6-4-18(13-27)14-31-25/h3-6,12,14-16,20H,7-11,17H2,1-2H3,(H2,28,35)(H,30,32). The van der Waals surface area contributed by atoms with Crippen molar-refractivity contribution in [3.8, 4) is 6.07 Å². The largest absolute Gasteiger partial charge is 0.381 e. The monoisotopic (exact) mass is 470 g/mol. The molecule has 0 saturated carbocycles. The van der Waals surface area contributed by atoms with Crippen LogP contribution in [-0.2, 0) is 13.0 Å². The quantitative estimate of drug-likeness (QED) is 0.515. The normalized spacial score (nSPS) is 14.1. The van der Waals surface area contributed by atoms with Crippen LogP contribution in [0.5, 0.6) is 0 Å². The highest BCUT2D eigenvalue weighted by Gasteiger charge is 2.22. The van der Waals surface area contributed by atoms with E-state index in [9.17, 15) is 4.79 Å². The minimum Gasteiger partial charge on any atom is -0.381 e. The molecule has 0 radical (unpaired) electrons. The third kappa shape index (κ3) is 6.31. The van der Waals surface area contributed by atoms with Crippen LogP contribution in [0.25, 0.3) is 0 Å². The number of amides is 1. The van der Waals surface area contributed by atoms with Gasteiger partial charge in [0.05, 0.1) is 16.8 Å². The van der Waals surface area contributed by atoms with Crippen molar-refractivity contribution in [2.24, 2.45) is 5.73 Å². The Hall–Kier alpha value is -4.03. The number of piperidine rings is 1. The maximum absolute atomic E-state index is 12.0. The number of carbonyl (C=O) groups is 1. The molecule has 0 atom stereocenters. The summed E-state index contributed by atoms with van der Waals surface area (Å²) in [5, 5.41) is 12.5. The molecule has 4 rings (SSSR count). The Morgan fingerprint density at radius 2 is 1.89 bits per heavy atom. The van der Waals surface area contributed by atoms with E-state index in [-0.39, 0.29) is 6.04 Å². The van der Waals surface area contributed by atoms with Crippen LogP contribution in [0.3, 0.4) is 0 Å². The Morgan fingerprint density at radius 1 is 1.11 bits per heavy atom. The van der Waals surface area contributed by atoms with Crippen molar-refractivity contribution in [2.45, 2.75) is 31.8 Å². The third-order valence-corrected chi connectivity index (χ3v) is 6.03. The highest BCUT2D eigenvalue weighted by atomic mass is 16.1. The van der Waals surface area contributed by atoms with E-state index in [1.165, 1.54) is 0 Å². The van der Waals surface area contributed by atoms with E-state index < -0.39 is 5.91 Å². The van der Waals surface area contributed by atoms with Gasteiger partial charge in [-0.25, -0.2) is 4.98 Å². The number of carbonyl (C=O) groups excluding carboxylic acids is 1. The molecule has 9 heteroatoms. The molecule has 1 aliphatic rings. The highest BCUT2D eigenvalue weighted by molar-refractivity contribution is 5.98. The first-order chi connectivity index (χ1) is 16.9. The number of rotatable bonds is 8. The van der Waals surface area contributed by atoms with Crippen LogP contribution < -0.4 is 16.0 Å². The van der Waals surface area contributed by atoms with Crippen LogP contribution >= 0.6 is 0 Å². The van der Waals surface area contributed by atoms with Crippen LogP contribution in [0.1, 0.15) is 45.7 Å². The molecule has 3 N–H and O–H groups in total. The van der Waals surface area contributed by atoms with Crippen molar-refractivity contribution in [2.75, 3.05) is 37.4 Å². The SMILES string of the molecule is CN(C)Cc1ccc(Cc2cc(NC3CCN(c4ccc(C#N)cn4)CC3)c(C(N)=O)cn2)nc1. The van der Waals surface area contributed by atoms with Gasteiger partial charge >= 0.3 is 0 Å². The molecule has 1 fully saturated rings. The lowest BCUT2D eigenvalue weighted by Gasteiger charge is -2.34. The second-order valence-electron chi connectivity index (χ2n) is 9.08. The molecular weight excluding hydrogens is 440 g/mol. The van der Waals surface area contributed by atoms with Gasteiger partial charge in [-0.05, 0) is 56.8 Å². The van der Waals surface area contributed by atoms with Crippen molar-refractivity contribution >= 4 is 17.4 Å². The Morgan fingerprint density at radius 3 is 2.49 bits per heavy atom. The first-order valence-electron chi connectivity index (χ1n) is 11.7. The Balaban J connectivity index is 1.41. The molecule has 1 aliphatic heterocycles. The molecule has 3 aromatic rings. The second-order valence-corrected chi connectivity index (χ2v) is 9.08. The van der Waals surface area contributed by atoms with Gasteiger partial charge in [-0.2, -0.15) is 5.26 Å².